The van der Waals surface area contributed by atoms with E-state index in [0.29, 0.717) is 18.4 Å². The van der Waals surface area contributed by atoms with Crippen LogP contribution in [0.15, 0.2) is 18.2 Å². The topological polar surface area (TPSA) is 88.2 Å². The third-order valence-electron chi connectivity index (χ3n) is 2.43. The standard InChI is InChI=1S/C13H17N3O3/c1-10(2)15-6-3-7-19-12-4-5-13(16(17)18)11(8-12)9-14/h4-5,8,10,15H,3,6-7H2,1-2H3. The van der Waals surface area contributed by atoms with E-state index in [9.17, 15) is 10.1 Å². The smallest absolute Gasteiger partial charge is 0.287 e. The zero-order chi connectivity index (χ0) is 14.3. The lowest BCUT2D eigenvalue weighted by atomic mass is 10.2. The lowest BCUT2D eigenvalue weighted by Gasteiger charge is -2.09. The van der Waals surface area contributed by atoms with Gasteiger partial charge in [-0.05, 0) is 19.0 Å². The van der Waals surface area contributed by atoms with Gasteiger partial charge >= 0.3 is 0 Å². The number of hydrogen-bond donors (Lipinski definition) is 1. The van der Waals surface area contributed by atoms with Gasteiger partial charge in [0.25, 0.3) is 5.69 Å². The summed E-state index contributed by atoms with van der Waals surface area (Å²) < 4.78 is 5.45. The van der Waals surface area contributed by atoms with Gasteiger partial charge in [-0.2, -0.15) is 5.26 Å². The van der Waals surface area contributed by atoms with Gasteiger partial charge in [0.05, 0.1) is 11.5 Å². The number of nitrogens with zero attached hydrogens (tertiary/aromatic N) is 2. The minimum atomic E-state index is -0.575. The Labute approximate surface area is 112 Å². The van der Waals surface area contributed by atoms with Crippen LogP contribution in [0, 0.1) is 21.4 Å². The van der Waals surface area contributed by atoms with Crippen LogP contribution in [0.4, 0.5) is 5.69 Å². The molecule has 0 saturated heterocycles. The lowest BCUT2D eigenvalue weighted by Crippen LogP contribution is -2.24. The molecule has 0 fully saturated rings. The van der Waals surface area contributed by atoms with E-state index >= 15 is 0 Å². The van der Waals surface area contributed by atoms with E-state index in [1.54, 1.807) is 6.07 Å². The van der Waals surface area contributed by atoms with Crippen LogP contribution in [0.2, 0.25) is 0 Å². The molecule has 0 aliphatic rings. The molecule has 1 aromatic rings. The van der Waals surface area contributed by atoms with Crippen molar-refractivity contribution in [3.05, 3.63) is 33.9 Å². The van der Waals surface area contributed by atoms with Crippen LogP contribution in [-0.4, -0.2) is 24.1 Å². The molecular formula is C13H17N3O3. The lowest BCUT2D eigenvalue weighted by molar-refractivity contribution is -0.385. The molecule has 0 atom stereocenters. The van der Waals surface area contributed by atoms with Crippen LogP contribution < -0.4 is 10.1 Å². The second-order valence-electron chi connectivity index (χ2n) is 4.36. The van der Waals surface area contributed by atoms with Crippen molar-refractivity contribution in [3.63, 3.8) is 0 Å². The molecule has 1 aromatic carbocycles. The normalized spacial score (nSPS) is 10.2. The van der Waals surface area contributed by atoms with Crippen LogP contribution in [0.25, 0.3) is 0 Å². The van der Waals surface area contributed by atoms with Gasteiger partial charge in [-0.25, -0.2) is 0 Å². The first-order valence-corrected chi connectivity index (χ1v) is 6.09. The number of nitrogens with one attached hydrogen (secondary N) is 1. The van der Waals surface area contributed by atoms with Crippen molar-refractivity contribution in [3.8, 4) is 11.8 Å². The Hall–Kier alpha value is -2.13. The summed E-state index contributed by atoms with van der Waals surface area (Å²) in [6, 6.07) is 6.43. The highest BCUT2D eigenvalue weighted by molar-refractivity contribution is 5.52. The number of nitro groups is 1. The molecule has 6 nitrogen and oxygen atoms in total. The Bertz CT molecular complexity index is 481. The summed E-state index contributed by atoms with van der Waals surface area (Å²) in [6.45, 7) is 5.48. The molecule has 0 spiro atoms. The molecule has 0 bridgehead atoms. The molecule has 6 heteroatoms. The van der Waals surface area contributed by atoms with E-state index in [0.717, 1.165) is 13.0 Å². The van der Waals surface area contributed by atoms with Gasteiger partial charge in [0, 0.05) is 18.2 Å². The van der Waals surface area contributed by atoms with Crippen LogP contribution in [-0.2, 0) is 0 Å². The second kappa shape index (κ2) is 7.34. The van der Waals surface area contributed by atoms with Crippen molar-refractivity contribution in [1.29, 1.82) is 5.26 Å². The first-order valence-electron chi connectivity index (χ1n) is 6.09. The average Bonchev–Trinajstić information content (AvgIpc) is 2.37. The minimum Gasteiger partial charge on any atom is -0.493 e. The zero-order valence-corrected chi connectivity index (χ0v) is 11.0. The summed E-state index contributed by atoms with van der Waals surface area (Å²) in [5, 5.41) is 22.8. The second-order valence-corrected chi connectivity index (χ2v) is 4.36. The fraction of sp³-hybridized carbons (Fsp3) is 0.462. The van der Waals surface area contributed by atoms with E-state index in [1.165, 1.54) is 18.2 Å². The fourth-order valence-corrected chi connectivity index (χ4v) is 1.51. The van der Waals surface area contributed by atoms with E-state index in [1.807, 2.05) is 0 Å². The first kappa shape index (κ1) is 14.9. The van der Waals surface area contributed by atoms with Crippen molar-refractivity contribution in [2.24, 2.45) is 0 Å². The summed E-state index contributed by atoms with van der Waals surface area (Å²) in [5.41, 5.74) is -0.181. The molecular weight excluding hydrogens is 246 g/mol. The Kier molecular flexibility index (Phi) is 5.76. The van der Waals surface area contributed by atoms with E-state index in [-0.39, 0.29) is 11.3 Å². The maximum Gasteiger partial charge on any atom is 0.287 e. The van der Waals surface area contributed by atoms with Gasteiger partial charge in [0.15, 0.2) is 0 Å². The molecule has 0 radical (unpaired) electrons. The summed E-state index contributed by atoms with van der Waals surface area (Å²) in [5.74, 6) is 0.478. The summed E-state index contributed by atoms with van der Waals surface area (Å²) >= 11 is 0. The highest BCUT2D eigenvalue weighted by atomic mass is 16.6. The van der Waals surface area contributed by atoms with Gasteiger partial charge in [0.2, 0.25) is 0 Å². The SMILES string of the molecule is CC(C)NCCCOc1ccc([N+](=O)[O-])c(C#N)c1. The summed E-state index contributed by atoms with van der Waals surface area (Å²) in [4.78, 5) is 10.1. The number of rotatable bonds is 7. The first-order chi connectivity index (χ1) is 9.04. The quantitative estimate of drug-likeness (QED) is 0.463. The predicted molar refractivity (Wildman–Crippen MR) is 71.1 cm³/mol. The third-order valence-corrected chi connectivity index (χ3v) is 2.43. The number of nitriles is 1. The third kappa shape index (κ3) is 4.94. The Morgan fingerprint density at radius 1 is 1.53 bits per heavy atom. The van der Waals surface area contributed by atoms with Crippen molar-refractivity contribution >= 4 is 5.69 Å². The fourth-order valence-electron chi connectivity index (χ4n) is 1.51. The maximum atomic E-state index is 10.7. The highest BCUT2D eigenvalue weighted by Gasteiger charge is 2.13. The van der Waals surface area contributed by atoms with Crippen LogP contribution in [0.1, 0.15) is 25.8 Å². The molecule has 0 aliphatic carbocycles. The van der Waals surface area contributed by atoms with Gasteiger partial charge < -0.3 is 10.1 Å². The highest BCUT2D eigenvalue weighted by Crippen LogP contribution is 2.23. The van der Waals surface area contributed by atoms with Crippen LogP contribution in [0.3, 0.4) is 0 Å². The Morgan fingerprint density at radius 2 is 2.26 bits per heavy atom. The summed E-state index contributed by atoms with van der Waals surface area (Å²) in [7, 11) is 0. The minimum absolute atomic E-state index is 0.0165. The van der Waals surface area contributed by atoms with Crippen molar-refractivity contribution in [2.75, 3.05) is 13.2 Å². The number of hydrogen-bond acceptors (Lipinski definition) is 5. The Balaban J connectivity index is 2.52. The molecule has 1 N–H and O–H groups in total. The zero-order valence-electron chi connectivity index (χ0n) is 11.0. The molecule has 102 valence electrons. The maximum absolute atomic E-state index is 10.7. The molecule has 1 rings (SSSR count). The molecule has 19 heavy (non-hydrogen) atoms. The van der Waals surface area contributed by atoms with E-state index < -0.39 is 4.92 Å². The van der Waals surface area contributed by atoms with Gasteiger partial charge in [-0.3, -0.25) is 10.1 Å². The molecule has 0 aromatic heterocycles. The molecule has 0 aliphatic heterocycles. The Morgan fingerprint density at radius 3 is 2.84 bits per heavy atom. The van der Waals surface area contributed by atoms with Crippen LogP contribution in [0.5, 0.6) is 5.75 Å². The monoisotopic (exact) mass is 263 g/mol. The van der Waals surface area contributed by atoms with Gasteiger partial charge in [-0.1, -0.05) is 13.8 Å². The van der Waals surface area contributed by atoms with E-state index in [2.05, 4.69) is 19.2 Å². The molecule has 0 heterocycles. The van der Waals surface area contributed by atoms with Crippen molar-refractivity contribution < 1.29 is 9.66 Å². The molecule has 0 amide bonds. The van der Waals surface area contributed by atoms with Gasteiger partial charge in [0.1, 0.15) is 17.4 Å². The van der Waals surface area contributed by atoms with Crippen molar-refractivity contribution in [2.45, 2.75) is 26.3 Å². The van der Waals surface area contributed by atoms with Gasteiger partial charge in [-0.15, -0.1) is 0 Å². The summed E-state index contributed by atoms with van der Waals surface area (Å²) in [6.07, 6.45) is 0.830. The van der Waals surface area contributed by atoms with E-state index in [4.69, 9.17) is 10.00 Å². The van der Waals surface area contributed by atoms with Crippen molar-refractivity contribution in [1.82, 2.24) is 5.32 Å². The van der Waals surface area contributed by atoms with Crippen LogP contribution >= 0.6 is 0 Å². The predicted octanol–water partition coefficient (Wildman–Crippen LogP) is 2.23. The molecule has 0 saturated carbocycles. The largest absolute Gasteiger partial charge is 0.493 e. The number of benzene rings is 1. The number of ether oxygens (including phenoxy) is 1. The average molecular weight is 263 g/mol. The number of nitro benzene ring substituents is 1. The molecule has 0 unspecified atom stereocenters.